The average Bonchev–Trinajstić information content (AvgIpc) is 3.04. The predicted octanol–water partition coefficient (Wildman–Crippen LogP) is 2.10. The van der Waals surface area contributed by atoms with Crippen LogP contribution in [0.15, 0.2) is 17.2 Å². The SMILES string of the molecule is CCCn1cc(S(=O)(=O)NCC2CCCC2C)cc1CO. The Morgan fingerprint density at radius 3 is 2.76 bits per heavy atom. The van der Waals surface area contributed by atoms with Gasteiger partial charge in [0.05, 0.1) is 11.5 Å². The Balaban J connectivity index is 2.08. The van der Waals surface area contributed by atoms with Crippen LogP contribution in [-0.2, 0) is 23.2 Å². The molecule has 0 aliphatic heterocycles. The summed E-state index contributed by atoms with van der Waals surface area (Å²) < 4.78 is 29.3. The van der Waals surface area contributed by atoms with Gasteiger partial charge in [-0.3, -0.25) is 0 Å². The lowest BCUT2D eigenvalue weighted by Gasteiger charge is -2.15. The van der Waals surface area contributed by atoms with Crippen LogP contribution >= 0.6 is 0 Å². The van der Waals surface area contributed by atoms with Crippen molar-refractivity contribution in [3.05, 3.63) is 18.0 Å². The van der Waals surface area contributed by atoms with Crippen LogP contribution in [0.1, 0.15) is 45.2 Å². The summed E-state index contributed by atoms with van der Waals surface area (Å²) in [6.45, 7) is 5.29. The largest absolute Gasteiger partial charge is 0.390 e. The van der Waals surface area contributed by atoms with E-state index in [4.69, 9.17) is 0 Å². The minimum Gasteiger partial charge on any atom is -0.390 e. The highest BCUT2D eigenvalue weighted by atomic mass is 32.2. The maximum Gasteiger partial charge on any atom is 0.242 e. The van der Waals surface area contributed by atoms with Crippen LogP contribution in [0.5, 0.6) is 0 Å². The van der Waals surface area contributed by atoms with E-state index >= 15 is 0 Å². The molecule has 0 bridgehead atoms. The molecule has 0 saturated heterocycles. The molecule has 1 aliphatic carbocycles. The van der Waals surface area contributed by atoms with Gasteiger partial charge in [0.2, 0.25) is 10.0 Å². The molecule has 1 aromatic heterocycles. The highest BCUT2D eigenvalue weighted by molar-refractivity contribution is 7.89. The van der Waals surface area contributed by atoms with Gasteiger partial charge in [-0.05, 0) is 30.7 Å². The maximum atomic E-state index is 12.4. The van der Waals surface area contributed by atoms with Gasteiger partial charge in [-0.15, -0.1) is 0 Å². The summed E-state index contributed by atoms with van der Waals surface area (Å²) in [7, 11) is -3.48. The van der Waals surface area contributed by atoms with Crippen molar-refractivity contribution < 1.29 is 13.5 Å². The molecular formula is C15H26N2O3S. The molecule has 1 fully saturated rings. The monoisotopic (exact) mass is 314 g/mol. The molecule has 2 rings (SSSR count). The second kappa shape index (κ2) is 6.94. The molecule has 0 radical (unpaired) electrons. The number of aliphatic hydroxyl groups is 1. The normalized spacial score (nSPS) is 22.8. The van der Waals surface area contributed by atoms with Gasteiger partial charge in [0.25, 0.3) is 0 Å². The van der Waals surface area contributed by atoms with Gasteiger partial charge < -0.3 is 9.67 Å². The fourth-order valence-corrected chi connectivity index (χ4v) is 4.24. The Bertz CT molecular complexity index is 565. The van der Waals surface area contributed by atoms with E-state index in [0.717, 1.165) is 12.8 Å². The molecule has 2 atom stereocenters. The number of rotatable bonds is 7. The average molecular weight is 314 g/mol. The van der Waals surface area contributed by atoms with Gasteiger partial charge in [0.15, 0.2) is 0 Å². The first-order valence-electron chi connectivity index (χ1n) is 7.77. The van der Waals surface area contributed by atoms with E-state index in [1.54, 1.807) is 12.3 Å². The maximum absolute atomic E-state index is 12.4. The van der Waals surface area contributed by atoms with Crippen LogP contribution in [0.2, 0.25) is 0 Å². The number of nitrogens with one attached hydrogen (secondary N) is 1. The molecule has 1 saturated carbocycles. The van der Waals surface area contributed by atoms with Gasteiger partial charge in [-0.1, -0.05) is 26.7 Å². The third kappa shape index (κ3) is 3.87. The van der Waals surface area contributed by atoms with Crippen molar-refractivity contribution in [2.24, 2.45) is 11.8 Å². The summed E-state index contributed by atoms with van der Waals surface area (Å²) in [6, 6.07) is 1.57. The number of hydrogen-bond acceptors (Lipinski definition) is 3. The standard InChI is InChI=1S/C15H26N2O3S/c1-3-7-17-10-15(8-14(17)11-18)21(19,20)16-9-13-6-4-5-12(13)2/h8,10,12-13,16,18H,3-7,9,11H2,1-2H3. The Kier molecular flexibility index (Phi) is 5.46. The molecule has 1 aliphatic rings. The minimum absolute atomic E-state index is 0.144. The molecule has 1 heterocycles. The Labute approximate surface area is 127 Å². The second-order valence-electron chi connectivity index (χ2n) is 6.04. The van der Waals surface area contributed by atoms with E-state index < -0.39 is 10.0 Å². The molecule has 0 aromatic carbocycles. The summed E-state index contributed by atoms with van der Waals surface area (Å²) in [5.41, 5.74) is 0.645. The first kappa shape index (κ1) is 16.5. The molecule has 1 aromatic rings. The fraction of sp³-hybridized carbons (Fsp3) is 0.733. The molecular weight excluding hydrogens is 288 g/mol. The van der Waals surface area contributed by atoms with Crippen LogP contribution in [0.3, 0.4) is 0 Å². The van der Waals surface area contributed by atoms with Gasteiger partial charge in [-0.2, -0.15) is 0 Å². The van der Waals surface area contributed by atoms with Crippen molar-refractivity contribution >= 4 is 10.0 Å². The third-order valence-corrected chi connectivity index (χ3v) is 5.86. The molecule has 21 heavy (non-hydrogen) atoms. The zero-order chi connectivity index (χ0) is 15.5. The smallest absolute Gasteiger partial charge is 0.242 e. The highest BCUT2D eigenvalue weighted by Crippen LogP contribution is 2.30. The Morgan fingerprint density at radius 2 is 2.19 bits per heavy atom. The lowest BCUT2D eigenvalue weighted by atomic mass is 9.99. The van der Waals surface area contributed by atoms with E-state index in [1.807, 2.05) is 11.5 Å². The molecule has 120 valence electrons. The summed E-state index contributed by atoms with van der Waals surface area (Å²) >= 11 is 0. The molecule has 0 spiro atoms. The van der Waals surface area contributed by atoms with Crippen LogP contribution < -0.4 is 4.72 Å². The Hall–Kier alpha value is -0.850. The van der Waals surface area contributed by atoms with Gasteiger partial charge >= 0.3 is 0 Å². The highest BCUT2D eigenvalue weighted by Gasteiger charge is 2.26. The molecule has 0 amide bonds. The summed E-state index contributed by atoms with van der Waals surface area (Å²) in [4.78, 5) is 0.255. The van der Waals surface area contributed by atoms with Crippen molar-refractivity contribution in [3.63, 3.8) is 0 Å². The zero-order valence-corrected chi connectivity index (χ0v) is 13.7. The van der Waals surface area contributed by atoms with Gasteiger partial charge in [0.1, 0.15) is 0 Å². The van der Waals surface area contributed by atoms with Crippen molar-refractivity contribution in [1.82, 2.24) is 9.29 Å². The zero-order valence-electron chi connectivity index (χ0n) is 12.9. The van der Waals surface area contributed by atoms with Crippen molar-refractivity contribution in [2.75, 3.05) is 6.54 Å². The number of nitrogens with zero attached hydrogens (tertiary/aromatic N) is 1. The van der Waals surface area contributed by atoms with Crippen molar-refractivity contribution in [3.8, 4) is 0 Å². The molecule has 2 unspecified atom stereocenters. The number of aryl methyl sites for hydroxylation is 1. The van der Waals surface area contributed by atoms with Crippen LogP contribution in [-0.4, -0.2) is 24.6 Å². The van der Waals surface area contributed by atoms with Crippen LogP contribution in [0.4, 0.5) is 0 Å². The van der Waals surface area contributed by atoms with Crippen molar-refractivity contribution in [2.45, 2.75) is 57.6 Å². The first-order chi connectivity index (χ1) is 9.97. The number of hydrogen-bond donors (Lipinski definition) is 2. The van der Waals surface area contributed by atoms with E-state index in [2.05, 4.69) is 11.6 Å². The molecule has 5 nitrogen and oxygen atoms in total. The van der Waals surface area contributed by atoms with E-state index in [-0.39, 0.29) is 11.5 Å². The number of aliphatic hydroxyl groups excluding tert-OH is 1. The second-order valence-corrected chi connectivity index (χ2v) is 7.81. The minimum atomic E-state index is -3.48. The van der Waals surface area contributed by atoms with Crippen LogP contribution in [0.25, 0.3) is 0 Å². The Morgan fingerprint density at radius 1 is 1.43 bits per heavy atom. The fourth-order valence-electron chi connectivity index (χ4n) is 3.08. The molecule has 6 heteroatoms. The van der Waals surface area contributed by atoms with E-state index in [9.17, 15) is 13.5 Å². The summed E-state index contributed by atoms with van der Waals surface area (Å²) in [5, 5.41) is 9.33. The van der Waals surface area contributed by atoms with E-state index in [1.165, 1.54) is 12.8 Å². The number of sulfonamides is 1. The topological polar surface area (TPSA) is 71.3 Å². The lowest BCUT2D eigenvalue weighted by Crippen LogP contribution is -2.30. The number of aromatic nitrogens is 1. The van der Waals surface area contributed by atoms with Gasteiger partial charge in [-0.25, -0.2) is 13.1 Å². The van der Waals surface area contributed by atoms with Crippen LogP contribution in [0, 0.1) is 11.8 Å². The summed E-state index contributed by atoms with van der Waals surface area (Å²) in [5.74, 6) is 1.03. The summed E-state index contributed by atoms with van der Waals surface area (Å²) in [6.07, 6.45) is 6.00. The first-order valence-corrected chi connectivity index (χ1v) is 9.25. The van der Waals surface area contributed by atoms with Gasteiger partial charge in [0, 0.05) is 25.0 Å². The third-order valence-electron chi connectivity index (χ3n) is 4.47. The quantitative estimate of drug-likeness (QED) is 0.809. The van der Waals surface area contributed by atoms with Crippen molar-refractivity contribution in [1.29, 1.82) is 0 Å². The lowest BCUT2D eigenvalue weighted by molar-refractivity contribution is 0.270. The predicted molar refractivity (Wildman–Crippen MR) is 82.3 cm³/mol. The van der Waals surface area contributed by atoms with E-state index in [0.29, 0.717) is 30.6 Å². The molecule has 2 N–H and O–H groups in total.